The third-order valence-electron chi connectivity index (χ3n) is 3.26. The standard InChI is InChI=1S/C14H14BrN3O2S/c1-8-2-5-11(15)10(6-8)13-16-17-14(21-7-12(19)20)18(13)9-3-4-9/h2,5-6,9H,3-4,7H2,1H3,(H,19,20). The van der Waals surface area contributed by atoms with Gasteiger partial charge in [-0.1, -0.05) is 39.3 Å². The van der Waals surface area contributed by atoms with E-state index in [9.17, 15) is 4.79 Å². The van der Waals surface area contributed by atoms with Crippen molar-refractivity contribution in [2.75, 3.05) is 5.75 Å². The Morgan fingerprint density at radius 3 is 2.90 bits per heavy atom. The van der Waals surface area contributed by atoms with Gasteiger partial charge in [0.1, 0.15) is 0 Å². The van der Waals surface area contributed by atoms with Crippen molar-refractivity contribution in [2.24, 2.45) is 0 Å². The van der Waals surface area contributed by atoms with Crippen LogP contribution in [0.5, 0.6) is 0 Å². The van der Waals surface area contributed by atoms with Crippen LogP contribution in [0.4, 0.5) is 0 Å². The molecule has 1 saturated carbocycles. The van der Waals surface area contributed by atoms with Gasteiger partial charge in [0.25, 0.3) is 0 Å². The van der Waals surface area contributed by atoms with Crippen molar-refractivity contribution in [1.82, 2.24) is 14.8 Å². The van der Waals surface area contributed by atoms with Crippen LogP contribution in [0, 0.1) is 6.92 Å². The summed E-state index contributed by atoms with van der Waals surface area (Å²) < 4.78 is 3.05. The maximum Gasteiger partial charge on any atom is 0.313 e. The molecule has 0 atom stereocenters. The zero-order chi connectivity index (χ0) is 15.0. The van der Waals surface area contributed by atoms with Crippen molar-refractivity contribution in [3.05, 3.63) is 28.2 Å². The zero-order valence-corrected chi connectivity index (χ0v) is 13.8. The summed E-state index contributed by atoms with van der Waals surface area (Å²) in [5.41, 5.74) is 2.15. The second-order valence-corrected chi connectivity index (χ2v) is 6.87. The lowest BCUT2D eigenvalue weighted by atomic mass is 10.1. The summed E-state index contributed by atoms with van der Waals surface area (Å²) in [6.07, 6.45) is 2.18. The molecule has 0 aliphatic heterocycles. The highest BCUT2D eigenvalue weighted by Crippen LogP contribution is 2.42. The van der Waals surface area contributed by atoms with Gasteiger partial charge in [0.05, 0.1) is 5.75 Å². The van der Waals surface area contributed by atoms with Gasteiger partial charge in [-0.15, -0.1) is 10.2 Å². The molecule has 5 nitrogen and oxygen atoms in total. The summed E-state index contributed by atoms with van der Waals surface area (Å²) in [6, 6.07) is 6.49. The molecule has 3 rings (SSSR count). The Balaban J connectivity index is 2.02. The van der Waals surface area contributed by atoms with Crippen LogP contribution in [0.25, 0.3) is 11.4 Å². The number of carbonyl (C=O) groups is 1. The van der Waals surface area contributed by atoms with Crippen molar-refractivity contribution in [3.63, 3.8) is 0 Å². The van der Waals surface area contributed by atoms with Crippen LogP contribution in [0.1, 0.15) is 24.4 Å². The minimum absolute atomic E-state index is 0.000158. The molecule has 2 aromatic rings. The predicted molar refractivity (Wildman–Crippen MR) is 84.5 cm³/mol. The second-order valence-electron chi connectivity index (χ2n) is 5.07. The predicted octanol–water partition coefficient (Wildman–Crippen LogP) is 3.53. The fraction of sp³-hybridized carbons (Fsp3) is 0.357. The summed E-state index contributed by atoms with van der Waals surface area (Å²) in [5.74, 6) is -0.0376. The molecule has 0 bridgehead atoms. The van der Waals surface area contributed by atoms with Crippen LogP contribution in [0.15, 0.2) is 27.8 Å². The number of hydrogen-bond acceptors (Lipinski definition) is 4. The summed E-state index contributed by atoms with van der Waals surface area (Å²) in [5, 5.41) is 18.0. The molecule has 0 radical (unpaired) electrons. The van der Waals surface area contributed by atoms with Gasteiger partial charge in [-0.05, 0) is 31.9 Å². The minimum Gasteiger partial charge on any atom is -0.481 e. The number of nitrogens with zero attached hydrogens (tertiary/aromatic N) is 3. The van der Waals surface area contributed by atoms with Gasteiger partial charge in [-0.2, -0.15) is 0 Å². The van der Waals surface area contributed by atoms with Crippen molar-refractivity contribution >= 4 is 33.7 Å². The molecular formula is C14H14BrN3O2S. The number of thioether (sulfide) groups is 1. The van der Waals surface area contributed by atoms with Gasteiger partial charge >= 0.3 is 5.97 Å². The minimum atomic E-state index is -0.844. The number of aryl methyl sites for hydroxylation is 1. The van der Waals surface area contributed by atoms with Crippen molar-refractivity contribution in [2.45, 2.75) is 31.0 Å². The normalized spacial score (nSPS) is 14.4. The molecule has 1 aliphatic carbocycles. The molecular weight excluding hydrogens is 354 g/mol. The monoisotopic (exact) mass is 367 g/mol. The number of benzene rings is 1. The Hall–Kier alpha value is -1.34. The average molecular weight is 368 g/mol. The third kappa shape index (κ3) is 3.13. The summed E-state index contributed by atoms with van der Waals surface area (Å²) in [6.45, 7) is 2.04. The van der Waals surface area contributed by atoms with Crippen LogP contribution in [0.3, 0.4) is 0 Å². The number of hydrogen-bond donors (Lipinski definition) is 1. The molecule has 1 fully saturated rings. The third-order valence-corrected chi connectivity index (χ3v) is 4.88. The lowest BCUT2D eigenvalue weighted by Gasteiger charge is -2.10. The van der Waals surface area contributed by atoms with Crippen LogP contribution in [-0.4, -0.2) is 31.6 Å². The number of carboxylic acid groups (broad SMARTS) is 1. The number of rotatable bonds is 5. The van der Waals surface area contributed by atoms with Gasteiger partial charge < -0.3 is 5.11 Å². The Morgan fingerprint density at radius 1 is 1.48 bits per heavy atom. The SMILES string of the molecule is Cc1ccc(Br)c(-c2nnc(SCC(=O)O)n2C2CC2)c1. The summed E-state index contributed by atoms with van der Waals surface area (Å²) >= 11 is 4.78. The molecule has 1 aromatic carbocycles. The number of aliphatic carboxylic acids is 1. The molecule has 1 aliphatic rings. The van der Waals surface area contributed by atoms with Crippen LogP contribution in [-0.2, 0) is 4.79 Å². The first-order valence-electron chi connectivity index (χ1n) is 6.62. The molecule has 110 valence electrons. The summed E-state index contributed by atoms with van der Waals surface area (Å²) in [4.78, 5) is 10.8. The average Bonchev–Trinajstić information content (AvgIpc) is 3.19. The van der Waals surface area contributed by atoms with E-state index in [4.69, 9.17) is 5.11 Å². The maximum atomic E-state index is 10.8. The molecule has 0 saturated heterocycles. The van der Waals surface area contributed by atoms with Crippen molar-refractivity contribution < 1.29 is 9.90 Å². The highest BCUT2D eigenvalue weighted by Gasteiger charge is 2.30. The van der Waals surface area contributed by atoms with Gasteiger partial charge in [0.2, 0.25) is 0 Å². The van der Waals surface area contributed by atoms with Crippen LogP contribution < -0.4 is 0 Å². The van der Waals surface area contributed by atoms with Crippen LogP contribution >= 0.6 is 27.7 Å². The van der Waals surface area contributed by atoms with Crippen molar-refractivity contribution in [1.29, 1.82) is 0 Å². The fourth-order valence-electron chi connectivity index (χ4n) is 2.16. The van der Waals surface area contributed by atoms with Crippen LogP contribution in [0.2, 0.25) is 0 Å². The quantitative estimate of drug-likeness (QED) is 0.818. The Labute approximate surface area is 134 Å². The van der Waals surface area contributed by atoms with E-state index in [1.54, 1.807) is 0 Å². The Bertz CT molecular complexity index is 698. The molecule has 7 heteroatoms. The van der Waals surface area contributed by atoms with Gasteiger partial charge in [0.15, 0.2) is 11.0 Å². The molecule has 1 N–H and O–H groups in total. The smallest absolute Gasteiger partial charge is 0.313 e. The molecule has 1 aromatic heterocycles. The summed E-state index contributed by atoms with van der Waals surface area (Å²) in [7, 11) is 0. The zero-order valence-electron chi connectivity index (χ0n) is 11.4. The van der Waals surface area contributed by atoms with Gasteiger partial charge in [-0.25, -0.2) is 0 Å². The highest BCUT2D eigenvalue weighted by molar-refractivity contribution is 9.10. The number of carboxylic acids is 1. The Kier molecular flexibility index (Phi) is 4.03. The van der Waals surface area contributed by atoms with E-state index in [2.05, 4.69) is 36.8 Å². The number of halogens is 1. The van der Waals surface area contributed by atoms with E-state index in [0.29, 0.717) is 11.2 Å². The van der Waals surface area contributed by atoms with E-state index in [-0.39, 0.29) is 5.75 Å². The highest BCUT2D eigenvalue weighted by atomic mass is 79.9. The van der Waals surface area contributed by atoms with Gasteiger partial charge in [-0.3, -0.25) is 9.36 Å². The molecule has 0 amide bonds. The lowest BCUT2D eigenvalue weighted by molar-refractivity contribution is -0.133. The number of aromatic nitrogens is 3. The van der Waals surface area contributed by atoms with E-state index in [0.717, 1.165) is 34.3 Å². The molecule has 0 spiro atoms. The molecule has 1 heterocycles. The first-order chi connectivity index (χ1) is 10.1. The maximum absolute atomic E-state index is 10.8. The fourth-order valence-corrected chi connectivity index (χ4v) is 3.31. The van der Waals surface area contributed by atoms with E-state index in [1.165, 1.54) is 11.8 Å². The first kappa shape index (κ1) is 14.6. The molecule has 21 heavy (non-hydrogen) atoms. The topological polar surface area (TPSA) is 68.0 Å². The van der Waals surface area contributed by atoms with E-state index < -0.39 is 5.97 Å². The first-order valence-corrected chi connectivity index (χ1v) is 8.40. The van der Waals surface area contributed by atoms with Gasteiger partial charge in [0, 0.05) is 16.1 Å². The van der Waals surface area contributed by atoms with E-state index in [1.807, 2.05) is 19.1 Å². The lowest BCUT2D eigenvalue weighted by Crippen LogP contribution is -2.03. The van der Waals surface area contributed by atoms with E-state index >= 15 is 0 Å². The Morgan fingerprint density at radius 2 is 2.24 bits per heavy atom. The largest absolute Gasteiger partial charge is 0.481 e. The van der Waals surface area contributed by atoms with Crippen molar-refractivity contribution in [3.8, 4) is 11.4 Å². The molecule has 0 unspecified atom stereocenters. The second kappa shape index (κ2) is 5.81.